The molecular weight excluding hydrogens is 454 g/mol. The van der Waals surface area contributed by atoms with Crippen molar-refractivity contribution in [2.24, 2.45) is 0 Å². The van der Waals surface area contributed by atoms with E-state index in [1.807, 2.05) is 6.08 Å². The Kier molecular flexibility index (Phi) is 12.4. The smallest absolute Gasteiger partial charge is 0.479 e. The fourth-order valence-electron chi connectivity index (χ4n) is 2.62. The van der Waals surface area contributed by atoms with Gasteiger partial charge in [-0.2, -0.15) is 0 Å². The summed E-state index contributed by atoms with van der Waals surface area (Å²) in [6, 6.07) is 6.59. The molecule has 180 valence electrons. The standard InChI is InChI=1S/C22H34O8P2/c1-18(2)8-5-6-9-19(3)12-13-20(4)14-15-28-22-11-7-10-21(16-22)17-29-32(26,27)30-31(23,24)25/h7-11,14,16H,5-6,12-13,15,17H2,1-4H3,(H,26,27)(H2,23,24,25)/p-1/b19-9+,20-14+. The number of benzene rings is 1. The number of allylic oxidation sites excluding steroid dienone is 5. The average molecular weight is 487 g/mol. The number of hydrogen-bond acceptors (Lipinski definition) is 6. The summed E-state index contributed by atoms with van der Waals surface area (Å²) in [6.45, 7) is 8.37. The Morgan fingerprint density at radius 2 is 1.62 bits per heavy atom. The first-order valence-corrected chi connectivity index (χ1v) is 13.2. The van der Waals surface area contributed by atoms with E-state index in [1.165, 1.54) is 16.7 Å². The molecule has 2 N–H and O–H groups in total. The second kappa shape index (κ2) is 13.9. The SMILES string of the molecule is CC(C)=CCC/C=C(\C)CC/C(C)=C/COc1cccc(COP(=O)(O)OP(=O)([O-])O)c1. The topological polar surface area (TPSA) is 125 Å². The Morgan fingerprint density at radius 1 is 1.00 bits per heavy atom. The summed E-state index contributed by atoms with van der Waals surface area (Å²) in [5, 5.41) is 0. The fourth-order valence-corrected chi connectivity index (χ4v) is 4.16. The molecule has 0 aliphatic heterocycles. The van der Waals surface area contributed by atoms with Crippen molar-refractivity contribution in [2.75, 3.05) is 6.61 Å². The molecule has 0 saturated carbocycles. The van der Waals surface area contributed by atoms with Gasteiger partial charge in [-0.05, 0) is 77.2 Å². The lowest BCUT2D eigenvalue weighted by Crippen LogP contribution is -2.03. The van der Waals surface area contributed by atoms with Crippen LogP contribution in [0.3, 0.4) is 0 Å². The molecule has 1 aromatic carbocycles. The second-order valence-electron chi connectivity index (χ2n) is 7.71. The summed E-state index contributed by atoms with van der Waals surface area (Å²) in [7, 11) is -10.3. The van der Waals surface area contributed by atoms with Crippen LogP contribution in [0.1, 0.15) is 58.9 Å². The molecule has 10 heteroatoms. The Hall–Kier alpha value is -1.50. The van der Waals surface area contributed by atoms with E-state index in [1.54, 1.807) is 24.3 Å². The van der Waals surface area contributed by atoms with Gasteiger partial charge < -0.3 is 19.4 Å². The molecule has 2 atom stereocenters. The third kappa shape index (κ3) is 14.5. The van der Waals surface area contributed by atoms with E-state index in [0.717, 1.165) is 25.7 Å². The molecule has 0 aliphatic rings. The van der Waals surface area contributed by atoms with Gasteiger partial charge in [0.25, 0.3) is 7.82 Å². The first kappa shape index (κ1) is 28.5. The van der Waals surface area contributed by atoms with Crippen LogP contribution < -0.4 is 9.63 Å². The van der Waals surface area contributed by atoms with Crippen molar-refractivity contribution in [1.29, 1.82) is 0 Å². The molecule has 0 aliphatic carbocycles. The molecule has 32 heavy (non-hydrogen) atoms. The first-order chi connectivity index (χ1) is 14.9. The van der Waals surface area contributed by atoms with Crippen LogP contribution in [0.2, 0.25) is 0 Å². The molecular formula is C22H33O8P2-. The summed E-state index contributed by atoms with van der Waals surface area (Å²) >= 11 is 0. The van der Waals surface area contributed by atoms with Gasteiger partial charge in [0.2, 0.25) is 0 Å². The second-order valence-corrected chi connectivity index (χ2v) is 10.5. The first-order valence-electron chi connectivity index (χ1n) is 10.2. The van der Waals surface area contributed by atoms with Gasteiger partial charge in [-0.25, -0.2) is 8.88 Å². The van der Waals surface area contributed by atoms with Crippen LogP contribution in [0.15, 0.2) is 59.2 Å². The molecule has 0 heterocycles. The molecule has 8 nitrogen and oxygen atoms in total. The molecule has 2 unspecified atom stereocenters. The summed E-state index contributed by atoms with van der Waals surface area (Å²) in [6.07, 6.45) is 10.6. The molecule has 0 bridgehead atoms. The van der Waals surface area contributed by atoms with E-state index in [9.17, 15) is 18.9 Å². The number of hydrogen-bond donors (Lipinski definition) is 2. The normalized spacial score (nSPS) is 16.2. The zero-order valence-corrected chi connectivity index (χ0v) is 20.8. The summed E-state index contributed by atoms with van der Waals surface area (Å²) in [4.78, 5) is 28.4. The number of phosphoric acid groups is 2. The lowest BCUT2D eigenvalue weighted by Gasteiger charge is -2.19. The zero-order valence-electron chi connectivity index (χ0n) is 19.0. The largest absolute Gasteiger partial charge is 0.756 e. The third-order valence-corrected chi connectivity index (χ3v) is 6.41. The van der Waals surface area contributed by atoms with Crippen molar-refractivity contribution in [3.8, 4) is 5.75 Å². The lowest BCUT2D eigenvalue weighted by atomic mass is 10.1. The maximum Gasteiger partial charge on any atom is 0.479 e. The van der Waals surface area contributed by atoms with Gasteiger partial charge in [-0.3, -0.25) is 9.09 Å². The lowest BCUT2D eigenvalue weighted by molar-refractivity contribution is -0.212. The summed E-state index contributed by atoms with van der Waals surface area (Å²) < 4.78 is 35.9. The maximum atomic E-state index is 11.5. The van der Waals surface area contributed by atoms with Crippen molar-refractivity contribution in [1.82, 2.24) is 0 Å². The van der Waals surface area contributed by atoms with Crippen LogP contribution in [-0.4, -0.2) is 16.4 Å². The number of phosphoric ester groups is 1. The van der Waals surface area contributed by atoms with Crippen molar-refractivity contribution >= 4 is 15.6 Å². The van der Waals surface area contributed by atoms with E-state index < -0.39 is 22.3 Å². The minimum atomic E-state index is -5.39. The van der Waals surface area contributed by atoms with Crippen LogP contribution in [0, 0.1) is 0 Å². The van der Waals surface area contributed by atoms with Crippen molar-refractivity contribution < 1.29 is 37.4 Å². The molecule has 0 saturated heterocycles. The van der Waals surface area contributed by atoms with Gasteiger partial charge in [0.05, 0.1) is 6.61 Å². The summed E-state index contributed by atoms with van der Waals surface area (Å²) in [5.41, 5.74) is 4.39. The predicted octanol–water partition coefficient (Wildman–Crippen LogP) is 5.58. The Labute approximate surface area is 190 Å². The minimum Gasteiger partial charge on any atom is -0.756 e. The number of rotatable bonds is 14. The van der Waals surface area contributed by atoms with Crippen LogP contribution >= 0.6 is 15.6 Å². The zero-order chi connectivity index (χ0) is 24.2. The fraction of sp³-hybridized carbons (Fsp3) is 0.455. The highest BCUT2D eigenvalue weighted by Crippen LogP contribution is 2.55. The Morgan fingerprint density at radius 3 is 2.25 bits per heavy atom. The maximum absolute atomic E-state index is 11.5. The molecule has 0 amide bonds. The molecule has 0 radical (unpaired) electrons. The van der Waals surface area contributed by atoms with Crippen molar-refractivity contribution in [3.05, 3.63) is 64.8 Å². The number of ether oxygens (including phenoxy) is 1. The van der Waals surface area contributed by atoms with Gasteiger partial charge in [0.15, 0.2) is 0 Å². The quantitative estimate of drug-likeness (QED) is 0.198. The van der Waals surface area contributed by atoms with Crippen molar-refractivity contribution in [3.63, 3.8) is 0 Å². The predicted molar refractivity (Wildman–Crippen MR) is 123 cm³/mol. The molecule has 0 aromatic heterocycles. The van der Waals surface area contributed by atoms with E-state index in [-0.39, 0.29) is 0 Å². The summed E-state index contributed by atoms with van der Waals surface area (Å²) in [5.74, 6) is 0.524. The van der Waals surface area contributed by atoms with Crippen LogP contribution in [0.25, 0.3) is 0 Å². The highest BCUT2D eigenvalue weighted by atomic mass is 31.3. The van der Waals surface area contributed by atoms with E-state index in [0.29, 0.717) is 17.9 Å². The van der Waals surface area contributed by atoms with E-state index in [4.69, 9.17) is 9.63 Å². The van der Waals surface area contributed by atoms with Crippen LogP contribution in [0.5, 0.6) is 5.75 Å². The highest BCUT2D eigenvalue weighted by Gasteiger charge is 2.26. The van der Waals surface area contributed by atoms with Gasteiger partial charge in [0.1, 0.15) is 12.4 Å². The van der Waals surface area contributed by atoms with Crippen molar-refractivity contribution in [2.45, 2.75) is 60.0 Å². The van der Waals surface area contributed by atoms with Crippen LogP contribution in [0.4, 0.5) is 0 Å². The van der Waals surface area contributed by atoms with Gasteiger partial charge in [-0.15, -0.1) is 0 Å². The molecule has 1 rings (SSSR count). The highest BCUT2D eigenvalue weighted by molar-refractivity contribution is 7.60. The van der Waals surface area contributed by atoms with Crippen LogP contribution in [-0.2, 0) is 24.6 Å². The Balaban J connectivity index is 2.46. The average Bonchev–Trinajstić information content (AvgIpc) is 2.67. The molecule has 0 fully saturated rings. The van der Waals surface area contributed by atoms with E-state index in [2.05, 4.69) is 48.7 Å². The monoisotopic (exact) mass is 487 g/mol. The Bertz CT molecular complexity index is 910. The molecule has 0 spiro atoms. The number of unbranched alkanes of at least 4 members (excludes halogenated alkanes) is 1. The van der Waals surface area contributed by atoms with Gasteiger partial charge in [0, 0.05) is 0 Å². The van der Waals surface area contributed by atoms with E-state index >= 15 is 0 Å². The minimum absolute atomic E-state index is 0.366. The molecule has 1 aromatic rings. The third-order valence-electron chi connectivity index (χ3n) is 4.31. The van der Waals surface area contributed by atoms with Gasteiger partial charge >= 0.3 is 7.82 Å². The van der Waals surface area contributed by atoms with Gasteiger partial charge in [-0.1, -0.05) is 41.0 Å².